The van der Waals surface area contributed by atoms with E-state index in [4.69, 9.17) is 11.6 Å². The van der Waals surface area contributed by atoms with Crippen LogP contribution in [0.1, 0.15) is 48.8 Å². The maximum atomic E-state index is 13.1. The summed E-state index contributed by atoms with van der Waals surface area (Å²) in [6.07, 6.45) is 4.44. The van der Waals surface area contributed by atoms with Crippen LogP contribution in [0.4, 0.5) is 11.4 Å². The number of hydrogen-bond acceptors (Lipinski definition) is 5. The van der Waals surface area contributed by atoms with Crippen molar-refractivity contribution in [1.82, 2.24) is 24.5 Å². The molecule has 34 heavy (non-hydrogen) atoms. The number of nitrogens with one attached hydrogen (secondary N) is 2. The summed E-state index contributed by atoms with van der Waals surface area (Å²) in [7, 11) is 0. The Morgan fingerprint density at radius 2 is 1.56 bits per heavy atom. The topological polar surface area (TPSA) is 107 Å². The lowest BCUT2D eigenvalue weighted by Gasteiger charge is -2.14. The number of halogens is 1. The van der Waals surface area contributed by atoms with E-state index < -0.39 is 6.04 Å². The van der Waals surface area contributed by atoms with Crippen LogP contribution in [0, 0.1) is 0 Å². The lowest BCUT2D eigenvalue weighted by atomic mass is 10.0. The number of rotatable bonds is 7. The summed E-state index contributed by atoms with van der Waals surface area (Å²) < 4.78 is 3.23. The molecule has 0 saturated carbocycles. The molecule has 0 aliphatic carbocycles. The van der Waals surface area contributed by atoms with Crippen molar-refractivity contribution in [2.75, 3.05) is 10.6 Å². The van der Waals surface area contributed by atoms with Crippen LogP contribution in [-0.4, -0.2) is 36.4 Å². The van der Waals surface area contributed by atoms with Crippen LogP contribution in [0.15, 0.2) is 67.4 Å². The molecule has 0 aliphatic rings. The standard InChI is InChI=1S/C24H24ClN7O2/c1-15(2)22-21(12-27-32(22)20-10-4-17(25)5-11-20)24(34)30-19-8-6-18(7-9-19)29-23(33)16(3)31-14-26-13-28-31/h4-16H,1-3H3,(H,29,33)(H,30,34). The number of nitrogens with zero attached hydrogens (tertiary/aromatic N) is 5. The largest absolute Gasteiger partial charge is 0.324 e. The van der Waals surface area contributed by atoms with Gasteiger partial charge in [0.05, 0.1) is 23.1 Å². The maximum absolute atomic E-state index is 13.1. The predicted octanol–water partition coefficient (Wildman–Crippen LogP) is 4.69. The first-order chi connectivity index (χ1) is 16.3. The Kier molecular flexibility index (Phi) is 6.74. The van der Waals surface area contributed by atoms with Crippen LogP contribution in [0.3, 0.4) is 0 Å². The van der Waals surface area contributed by atoms with E-state index in [2.05, 4.69) is 25.8 Å². The van der Waals surface area contributed by atoms with Gasteiger partial charge in [-0.05, 0) is 61.4 Å². The monoisotopic (exact) mass is 477 g/mol. The Labute approximate surface area is 201 Å². The highest BCUT2D eigenvalue weighted by molar-refractivity contribution is 6.30. The molecule has 0 bridgehead atoms. The number of hydrogen-bond donors (Lipinski definition) is 2. The van der Waals surface area contributed by atoms with Gasteiger partial charge in [-0.25, -0.2) is 14.3 Å². The van der Waals surface area contributed by atoms with E-state index in [1.165, 1.54) is 17.3 Å². The lowest BCUT2D eigenvalue weighted by molar-refractivity contribution is -0.119. The Balaban J connectivity index is 1.47. The van der Waals surface area contributed by atoms with E-state index in [0.29, 0.717) is 22.0 Å². The van der Waals surface area contributed by atoms with Crippen molar-refractivity contribution in [2.45, 2.75) is 32.7 Å². The third-order valence-corrected chi connectivity index (χ3v) is 5.54. The van der Waals surface area contributed by atoms with Gasteiger partial charge in [0.25, 0.3) is 5.91 Å². The molecule has 0 fully saturated rings. The molecule has 2 N–H and O–H groups in total. The second-order valence-electron chi connectivity index (χ2n) is 8.06. The summed E-state index contributed by atoms with van der Waals surface area (Å²) >= 11 is 6.00. The third kappa shape index (κ3) is 4.99. The van der Waals surface area contributed by atoms with Crippen molar-refractivity contribution >= 4 is 34.8 Å². The van der Waals surface area contributed by atoms with Crippen LogP contribution in [0.25, 0.3) is 5.69 Å². The molecule has 4 rings (SSSR count). The van der Waals surface area contributed by atoms with E-state index in [1.807, 2.05) is 26.0 Å². The summed E-state index contributed by atoms with van der Waals surface area (Å²) in [5.41, 5.74) is 3.32. The van der Waals surface area contributed by atoms with Gasteiger partial charge in [-0.3, -0.25) is 9.59 Å². The highest BCUT2D eigenvalue weighted by Crippen LogP contribution is 2.25. The molecule has 9 nitrogen and oxygen atoms in total. The molecule has 2 aromatic carbocycles. The fraction of sp³-hybridized carbons (Fsp3) is 0.208. The zero-order valence-electron chi connectivity index (χ0n) is 18.9. The molecule has 0 radical (unpaired) electrons. The van der Waals surface area contributed by atoms with E-state index in [9.17, 15) is 9.59 Å². The van der Waals surface area contributed by atoms with Crippen molar-refractivity contribution in [2.24, 2.45) is 0 Å². The second kappa shape index (κ2) is 9.88. The summed E-state index contributed by atoms with van der Waals surface area (Å²) in [6, 6.07) is 13.7. The second-order valence-corrected chi connectivity index (χ2v) is 8.50. The molecule has 4 aromatic rings. The maximum Gasteiger partial charge on any atom is 0.259 e. The normalized spacial score (nSPS) is 11.9. The number of carbonyl (C=O) groups is 2. The third-order valence-electron chi connectivity index (χ3n) is 5.29. The Morgan fingerprint density at radius 3 is 2.15 bits per heavy atom. The number of carbonyl (C=O) groups excluding carboxylic acids is 2. The van der Waals surface area contributed by atoms with Crippen LogP contribution >= 0.6 is 11.6 Å². The number of aromatic nitrogens is 5. The van der Waals surface area contributed by atoms with E-state index in [-0.39, 0.29) is 17.7 Å². The van der Waals surface area contributed by atoms with Crippen LogP contribution in [0.5, 0.6) is 0 Å². The lowest BCUT2D eigenvalue weighted by Crippen LogP contribution is -2.24. The molecule has 0 spiro atoms. The van der Waals surface area contributed by atoms with E-state index >= 15 is 0 Å². The predicted molar refractivity (Wildman–Crippen MR) is 130 cm³/mol. The van der Waals surface area contributed by atoms with Crippen molar-refractivity contribution < 1.29 is 9.59 Å². The highest BCUT2D eigenvalue weighted by Gasteiger charge is 2.21. The Hall–Kier alpha value is -3.98. The number of amides is 2. The molecule has 1 unspecified atom stereocenters. The first-order valence-corrected chi connectivity index (χ1v) is 11.1. The van der Waals surface area contributed by atoms with E-state index in [1.54, 1.807) is 54.2 Å². The first kappa shape index (κ1) is 23.2. The molecular weight excluding hydrogens is 454 g/mol. The molecule has 1 atom stereocenters. The Bertz CT molecular complexity index is 1280. The molecule has 0 aliphatic heterocycles. The van der Waals surface area contributed by atoms with Crippen LogP contribution in [0.2, 0.25) is 5.02 Å². The molecule has 10 heteroatoms. The van der Waals surface area contributed by atoms with Gasteiger partial charge < -0.3 is 10.6 Å². The summed E-state index contributed by atoms with van der Waals surface area (Å²) in [5, 5.41) is 14.8. The van der Waals surface area contributed by atoms with Gasteiger partial charge >= 0.3 is 0 Å². The summed E-state index contributed by atoms with van der Waals surface area (Å²) in [4.78, 5) is 29.3. The average molecular weight is 478 g/mol. The SMILES string of the molecule is CC(C)c1c(C(=O)Nc2ccc(NC(=O)C(C)n3cncn3)cc2)cnn1-c1ccc(Cl)cc1. The van der Waals surface area contributed by atoms with Gasteiger partial charge in [-0.2, -0.15) is 10.2 Å². The molecule has 174 valence electrons. The van der Waals surface area contributed by atoms with Gasteiger partial charge in [-0.15, -0.1) is 0 Å². The molecule has 2 amide bonds. The van der Waals surface area contributed by atoms with Crippen molar-refractivity contribution in [3.05, 3.63) is 83.7 Å². The minimum atomic E-state index is -0.506. The number of anilines is 2. The molecule has 2 aromatic heterocycles. The molecule has 0 saturated heterocycles. The minimum Gasteiger partial charge on any atom is -0.324 e. The van der Waals surface area contributed by atoms with E-state index in [0.717, 1.165) is 11.4 Å². The van der Waals surface area contributed by atoms with Crippen molar-refractivity contribution in [3.8, 4) is 5.69 Å². The highest BCUT2D eigenvalue weighted by atomic mass is 35.5. The van der Waals surface area contributed by atoms with Gasteiger partial charge in [-0.1, -0.05) is 25.4 Å². The quantitative estimate of drug-likeness (QED) is 0.401. The smallest absolute Gasteiger partial charge is 0.259 e. The minimum absolute atomic E-state index is 0.0588. The van der Waals surface area contributed by atoms with Gasteiger partial charge in [0.1, 0.15) is 18.7 Å². The van der Waals surface area contributed by atoms with Gasteiger partial charge in [0, 0.05) is 16.4 Å². The van der Waals surface area contributed by atoms with Crippen LogP contribution < -0.4 is 10.6 Å². The zero-order chi connectivity index (χ0) is 24.2. The molecular formula is C24H24ClN7O2. The van der Waals surface area contributed by atoms with Crippen LogP contribution in [-0.2, 0) is 4.79 Å². The van der Waals surface area contributed by atoms with Crippen molar-refractivity contribution in [3.63, 3.8) is 0 Å². The zero-order valence-corrected chi connectivity index (χ0v) is 19.7. The van der Waals surface area contributed by atoms with Gasteiger partial charge in [0.2, 0.25) is 5.91 Å². The van der Waals surface area contributed by atoms with Crippen molar-refractivity contribution in [1.29, 1.82) is 0 Å². The summed E-state index contributed by atoms with van der Waals surface area (Å²) in [6.45, 7) is 5.76. The summed E-state index contributed by atoms with van der Waals surface area (Å²) in [5.74, 6) is -0.428. The van der Waals surface area contributed by atoms with Gasteiger partial charge in [0.15, 0.2) is 0 Å². The number of benzene rings is 2. The average Bonchev–Trinajstić information content (AvgIpc) is 3.51. The Morgan fingerprint density at radius 1 is 0.912 bits per heavy atom. The fourth-order valence-corrected chi connectivity index (χ4v) is 3.62. The molecule has 2 heterocycles. The fourth-order valence-electron chi connectivity index (χ4n) is 3.50. The first-order valence-electron chi connectivity index (χ1n) is 10.7.